The minimum absolute atomic E-state index is 0.415. The van der Waals surface area contributed by atoms with Gasteiger partial charge >= 0.3 is 0 Å². The molecule has 0 radical (unpaired) electrons. The van der Waals surface area contributed by atoms with E-state index in [0.29, 0.717) is 6.10 Å². The molecule has 4 heteroatoms. The Morgan fingerprint density at radius 3 is 2.52 bits per heavy atom. The summed E-state index contributed by atoms with van der Waals surface area (Å²) in [7, 11) is 4.10. The zero-order valence-corrected chi connectivity index (χ0v) is 14.3. The van der Waals surface area contributed by atoms with Crippen molar-refractivity contribution in [2.75, 3.05) is 19.0 Å². The molecule has 23 heavy (non-hydrogen) atoms. The smallest absolute Gasteiger partial charge is 0.124 e. The van der Waals surface area contributed by atoms with Crippen molar-refractivity contribution in [3.05, 3.63) is 42.5 Å². The molecule has 0 bridgehead atoms. The predicted octanol–water partition coefficient (Wildman–Crippen LogP) is 4.96. The summed E-state index contributed by atoms with van der Waals surface area (Å²) < 4.78 is 7.18. The van der Waals surface area contributed by atoms with E-state index in [0.717, 1.165) is 16.3 Å². The Bertz CT molecular complexity index is 819. The SMILES string of the molecule is CN(C)c1ccc(-c2nc3ccc(OC4CCC4)cc3s2)cc1. The highest BCUT2D eigenvalue weighted by atomic mass is 32.1. The molecule has 118 valence electrons. The van der Waals surface area contributed by atoms with Gasteiger partial charge in [-0.15, -0.1) is 11.3 Å². The fourth-order valence-corrected chi connectivity index (χ4v) is 3.68. The Kier molecular flexibility index (Phi) is 3.69. The van der Waals surface area contributed by atoms with Crippen molar-refractivity contribution in [3.8, 4) is 16.3 Å². The topological polar surface area (TPSA) is 25.4 Å². The van der Waals surface area contributed by atoms with Crippen LogP contribution in [-0.4, -0.2) is 25.2 Å². The van der Waals surface area contributed by atoms with Gasteiger partial charge in [0.25, 0.3) is 0 Å². The van der Waals surface area contributed by atoms with Crippen molar-refractivity contribution in [1.29, 1.82) is 0 Å². The summed E-state index contributed by atoms with van der Waals surface area (Å²) in [6.07, 6.45) is 4.08. The van der Waals surface area contributed by atoms with Crippen LogP contribution in [-0.2, 0) is 0 Å². The Morgan fingerprint density at radius 1 is 1.09 bits per heavy atom. The van der Waals surface area contributed by atoms with Crippen LogP contribution in [0.25, 0.3) is 20.8 Å². The maximum Gasteiger partial charge on any atom is 0.124 e. The first-order valence-corrected chi connectivity index (χ1v) is 8.86. The molecule has 0 amide bonds. The van der Waals surface area contributed by atoms with E-state index >= 15 is 0 Å². The van der Waals surface area contributed by atoms with Crippen molar-refractivity contribution < 1.29 is 4.74 Å². The first-order chi connectivity index (χ1) is 11.2. The number of benzene rings is 2. The minimum Gasteiger partial charge on any atom is -0.490 e. The Morgan fingerprint density at radius 2 is 1.87 bits per heavy atom. The van der Waals surface area contributed by atoms with Crippen molar-refractivity contribution in [3.63, 3.8) is 0 Å². The van der Waals surface area contributed by atoms with E-state index in [4.69, 9.17) is 9.72 Å². The predicted molar refractivity (Wildman–Crippen MR) is 97.7 cm³/mol. The lowest BCUT2D eigenvalue weighted by Crippen LogP contribution is -2.24. The number of thiazole rings is 1. The highest BCUT2D eigenvalue weighted by Gasteiger charge is 2.19. The third-order valence-corrected chi connectivity index (χ3v) is 5.41. The van der Waals surface area contributed by atoms with Crippen LogP contribution in [0, 0.1) is 0 Å². The summed E-state index contributed by atoms with van der Waals surface area (Å²) in [4.78, 5) is 6.86. The number of fused-ring (bicyclic) bond motifs is 1. The maximum absolute atomic E-state index is 5.99. The minimum atomic E-state index is 0.415. The summed E-state index contributed by atoms with van der Waals surface area (Å²) >= 11 is 1.73. The van der Waals surface area contributed by atoms with E-state index in [9.17, 15) is 0 Å². The highest BCUT2D eigenvalue weighted by molar-refractivity contribution is 7.21. The standard InChI is InChI=1S/C19H20N2OS/c1-21(2)14-8-6-13(7-9-14)19-20-17-11-10-16(12-18(17)23-19)22-15-4-3-5-15/h6-12,15H,3-5H2,1-2H3. The second-order valence-electron chi connectivity index (χ2n) is 6.26. The average Bonchev–Trinajstić information content (AvgIpc) is 2.94. The molecule has 1 aliphatic carbocycles. The van der Waals surface area contributed by atoms with Crippen molar-refractivity contribution in [2.45, 2.75) is 25.4 Å². The van der Waals surface area contributed by atoms with E-state index in [1.54, 1.807) is 11.3 Å². The van der Waals surface area contributed by atoms with Crippen LogP contribution >= 0.6 is 11.3 Å². The number of nitrogens with zero attached hydrogens (tertiary/aromatic N) is 2. The summed E-state index contributed by atoms with van der Waals surface area (Å²) in [5, 5.41) is 1.06. The molecular weight excluding hydrogens is 304 g/mol. The number of aromatic nitrogens is 1. The molecule has 1 fully saturated rings. The number of ether oxygens (including phenoxy) is 1. The average molecular weight is 324 g/mol. The van der Waals surface area contributed by atoms with Gasteiger partial charge in [-0.1, -0.05) is 0 Å². The first kappa shape index (κ1) is 14.5. The van der Waals surface area contributed by atoms with Gasteiger partial charge in [-0.25, -0.2) is 4.98 Å². The summed E-state index contributed by atoms with van der Waals surface area (Å²) in [6.45, 7) is 0. The Labute approximate surface area is 140 Å². The van der Waals surface area contributed by atoms with Gasteiger partial charge in [0.15, 0.2) is 0 Å². The van der Waals surface area contributed by atoms with E-state index in [1.807, 2.05) is 6.07 Å². The molecule has 2 aromatic carbocycles. The van der Waals surface area contributed by atoms with Gasteiger partial charge in [-0.2, -0.15) is 0 Å². The molecule has 0 atom stereocenters. The second-order valence-corrected chi connectivity index (χ2v) is 7.29. The summed E-state index contributed by atoms with van der Waals surface area (Å²) in [5.41, 5.74) is 3.41. The number of rotatable bonds is 4. The molecule has 1 saturated carbocycles. The molecule has 3 aromatic rings. The van der Waals surface area contributed by atoms with E-state index in [-0.39, 0.29) is 0 Å². The monoisotopic (exact) mass is 324 g/mol. The molecule has 0 unspecified atom stereocenters. The normalized spacial score (nSPS) is 14.7. The van der Waals surface area contributed by atoms with Crippen LogP contribution in [0.5, 0.6) is 5.75 Å². The highest BCUT2D eigenvalue weighted by Crippen LogP contribution is 2.34. The molecule has 0 aliphatic heterocycles. The zero-order chi connectivity index (χ0) is 15.8. The van der Waals surface area contributed by atoms with Gasteiger partial charge in [0.2, 0.25) is 0 Å². The fraction of sp³-hybridized carbons (Fsp3) is 0.316. The van der Waals surface area contributed by atoms with Gasteiger partial charge in [-0.3, -0.25) is 0 Å². The largest absolute Gasteiger partial charge is 0.490 e. The van der Waals surface area contributed by atoms with Crippen molar-refractivity contribution in [1.82, 2.24) is 4.98 Å². The van der Waals surface area contributed by atoms with Crippen LogP contribution in [0.3, 0.4) is 0 Å². The lowest BCUT2D eigenvalue weighted by molar-refractivity contribution is 0.120. The quantitative estimate of drug-likeness (QED) is 0.678. The first-order valence-electron chi connectivity index (χ1n) is 8.04. The van der Waals surface area contributed by atoms with Crippen LogP contribution < -0.4 is 9.64 Å². The Balaban J connectivity index is 1.62. The molecule has 1 heterocycles. The maximum atomic E-state index is 5.99. The Hall–Kier alpha value is -2.07. The van der Waals surface area contributed by atoms with Crippen LogP contribution in [0.4, 0.5) is 5.69 Å². The summed E-state index contributed by atoms with van der Waals surface area (Å²) in [5.74, 6) is 0.973. The van der Waals surface area contributed by atoms with Gasteiger partial charge < -0.3 is 9.64 Å². The lowest BCUT2D eigenvalue weighted by Gasteiger charge is -2.26. The molecule has 0 spiro atoms. The molecule has 0 saturated heterocycles. The van der Waals surface area contributed by atoms with Gasteiger partial charge in [-0.05, 0) is 61.7 Å². The van der Waals surface area contributed by atoms with Gasteiger partial charge in [0, 0.05) is 25.3 Å². The molecule has 3 nitrogen and oxygen atoms in total. The lowest BCUT2D eigenvalue weighted by atomic mass is 9.96. The van der Waals surface area contributed by atoms with Crippen LogP contribution in [0.15, 0.2) is 42.5 Å². The number of hydrogen-bond acceptors (Lipinski definition) is 4. The van der Waals surface area contributed by atoms with E-state index < -0.39 is 0 Å². The fourth-order valence-electron chi connectivity index (χ4n) is 2.68. The second kappa shape index (κ2) is 5.85. The molecular formula is C19H20N2OS. The van der Waals surface area contributed by atoms with E-state index in [1.165, 1.54) is 35.2 Å². The zero-order valence-electron chi connectivity index (χ0n) is 13.5. The van der Waals surface area contributed by atoms with Gasteiger partial charge in [0.05, 0.1) is 16.3 Å². The molecule has 4 rings (SSSR count). The molecule has 0 N–H and O–H groups in total. The number of hydrogen-bond donors (Lipinski definition) is 0. The van der Waals surface area contributed by atoms with Crippen LogP contribution in [0.1, 0.15) is 19.3 Å². The third kappa shape index (κ3) is 2.91. The van der Waals surface area contributed by atoms with E-state index in [2.05, 4.69) is 55.4 Å². The summed E-state index contributed by atoms with van der Waals surface area (Å²) in [6, 6.07) is 14.8. The van der Waals surface area contributed by atoms with Crippen molar-refractivity contribution in [2.24, 2.45) is 0 Å². The van der Waals surface area contributed by atoms with Crippen LogP contribution in [0.2, 0.25) is 0 Å². The molecule has 1 aromatic heterocycles. The van der Waals surface area contributed by atoms with Gasteiger partial charge in [0.1, 0.15) is 10.8 Å². The van der Waals surface area contributed by atoms with Crippen molar-refractivity contribution >= 4 is 27.2 Å². The molecule has 1 aliphatic rings. The number of anilines is 1. The third-order valence-electron chi connectivity index (χ3n) is 4.35.